The zero-order chi connectivity index (χ0) is 18.1. The molecular formula is C19H19N3O2S. The molecule has 0 aliphatic rings. The van der Waals surface area contributed by atoms with Crippen LogP contribution in [0.15, 0.2) is 48.8 Å². The van der Waals surface area contributed by atoms with Crippen LogP contribution in [-0.2, 0) is 15.3 Å². The van der Waals surface area contributed by atoms with E-state index in [2.05, 4.69) is 16.2 Å². The van der Waals surface area contributed by atoms with Crippen LogP contribution in [0.4, 0.5) is 5.69 Å². The van der Waals surface area contributed by atoms with Crippen molar-refractivity contribution in [3.8, 4) is 12.3 Å². The average Bonchev–Trinajstić information content (AvgIpc) is 2.66. The second-order valence-electron chi connectivity index (χ2n) is 5.20. The van der Waals surface area contributed by atoms with Crippen molar-refractivity contribution in [2.24, 2.45) is 0 Å². The number of likely N-dealkylation sites (N-methyl/N-ethyl adjacent to an activating group) is 1. The second-order valence-corrected chi connectivity index (χ2v) is 6.19. The van der Waals surface area contributed by atoms with Crippen molar-refractivity contribution < 1.29 is 9.59 Å². The Labute approximate surface area is 151 Å². The predicted molar refractivity (Wildman–Crippen MR) is 101 cm³/mol. The summed E-state index contributed by atoms with van der Waals surface area (Å²) >= 11 is 1.48. The number of hydrogen-bond donors (Lipinski definition) is 1. The van der Waals surface area contributed by atoms with Crippen LogP contribution in [0.1, 0.15) is 11.1 Å². The molecule has 25 heavy (non-hydrogen) atoms. The number of carbonyl (C=O) groups is 2. The Morgan fingerprint density at radius 1 is 1.32 bits per heavy atom. The van der Waals surface area contributed by atoms with Crippen molar-refractivity contribution in [1.82, 2.24) is 10.3 Å². The van der Waals surface area contributed by atoms with E-state index >= 15 is 0 Å². The van der Waals surface area contributed by atoms with Gasteiger partial charge >= 0.3 is 0 Å². The first-order valence-corrected chi connectivity index (χ1v) is 8.83. The SMILES string of the molecule is C#Cc1cccc(N(CC(=O)NC)C(=O)CSCc2cccnc2)c1. The van der Waals surface area contributed by atoms with Gasteiger partial charge in [0.2, 0.25) is 11.8 Å². The molecule has 0 aliphatic heterocycles. The van der Waals surface area contributed by atoms with Crippen molar-refractivity contribution >= 4 is 29.3 Å². The van der Waals surface area contributed by atoms with Gasteiger partial charge in [0.15, 0.2) is 0 Å². The standard InChI is InChI=1S/C19H19N3O2S/c1-3-15-6-4-8-17(10-15)22(12-18(23)20-2)19(24)14-25-13-16-7-5-9-21-11-16/h1,4-11H,12-14H2,2H3,(H,20,23). The number of terminal acetylenes is 1. The third-order valence-electron chi connectivity index (χ3n) is 3.42. The first-order valence-electron chi connectivity index (χ1n) is 7.68. The van der Waals surface area contributed by atoms with Crippen LogP contribution >= 0.6 is 11.8 Å². The fraction of sp³-hybridized carbons (Fsp3) is 0.211. The number of rotatable bonds is 7. The molecule has 0 spiro atoms. The zero-order valence-corrected chi connectivity index (χ0v) is 14.8. The van der Waals surface area contributed by atoms with Gasteiger partial charge in [0.05, 0.1) is 5.75 Å². The largest absolute Gasteiger partial charge is 0.358 e. The van der Waals surface area contributed by atoms with E-state index in [-0.39, 0.29) is 24.1 Å². The molecule has 0 saturated heterocycles. The summed E-state index contributed by atoms with van der Waals surface area (Å²) in [4.78, 5) is 29.9. The van der Waals surface area contributed by atoms with Crippen molar-refractivity contribution in [2.45, 2.75) is 5.75 Å². The van der Waals surface area contributed by atoms with E-state index < -0.39 is 0 Å². The first kappa shape index (κ1) is 18.6. The van der Waals surface area contributed by atoms with E-state index in [4.69, 9.17) is 6.42 Å². The van der Waals surface area contributed by atoms with E-state index in [9.17, 15) is 9.59 Å². The summed E-state index contributed by atoms with van der Waals surface area (Å²) in [5.41, 5.74) is 2.33. The number of benzene rings is 1. The summed E-state index contributed by atoms with van der Waals surface area (Å²) in [5, 5.41) is 2.54. The molecule has 0 fully saturated rings. The van der Waals surface area contributed by atoms with Gasteiger partial charge in [0.25, 0.3) is 0 Å². The third kappa shape index (κ3) is 5.66. The minimum Gasteiger partial charge on any atom is -0.358 e. The second kappa shape index (κ2) is 9.50. The fourth-order valence-corrected chi connectivity index (χ4v) is 2.97. The lowest BCUT2D eigenvalue weighted by atomic mass is 10.2. The monoisotopic (exact) mass is 353 g/mol. The van der Waals surface area contributed by atoms with Crippen molar-refractivity contribution in [1.29, 1.82) is 0 Å². The number of amides is 2. The molecule has 6 heteroatoms. The Balaban J connectivity index is 2.07. The predicted octanol–water partition coefficient (Wildman–Crippen LogP) is 2.08. The van der Waals surface area contributed by atoms with Gasteiger partial charge in [0, 0.05) is 36.4 Å². The highest BCUT2D eigenvalue weighted by atomic mass is 32.2. The Hall–Kier alpha value is -2.78. The van der Waals surface area contributed by atoms with Gasteiger partial charge in [-0.05, 0) is 29.8 Å². The van der Waals surface area contributed by atoms with E-state index in [1.54, 1.807) is 43.7 Å². The Bertz CT molecular complexity index is 772. The smallest absolute Gasteiger partial charge is 0.239 e. The van der Waals surface area contributed by atoms with Crippen LogP contribution in [0.3, 0.4) is 0 Å². The normalized spacial score (nSPS) is 9.92. The lowest BCUT2D eigenvalue weighted by Gasteiger charge is -2.22. The maximum atomic E-state index is 12.6. The molecule has 2 amide bonds. The molecule has 0 atom stereocenters. The maximum Gasteiger partial charge on any atom is 0.239 e. The van der Waals surface area contributed by atoms with E-state index in [1.807, 2.05) is 12.1 Å². The van der Waals surface area contributed by atoms with Crippen molar-refractivity contribution in [3.05, 3.63) is 59.9 Å². The van der Waals surface area contributed by atoms with Crippen LogP contribution in [-0.4, -0.2) is 36.1 Å². The van der Waals surface area contributed by atoms with Crippen LogP contribution in [0, 0.1) is 12.3 Å². The van der Waals surface area contributed by atoms with Gasteiger partial charge in [-0.25, -0.2) is 0 Å². The highest BCUT2D eigenvalue weighted by Gasteiger charge is 2.19. The number of thioether (sulfide) groups is 1. The molecule has 0 saturated carbocycles. The number of anilines is 1. The van der Waals surface area contributed by atoms with Crippen LogP contribution in [0.25, 0.3) is 0 Å². The number of hydrogen-bond acceptors (Lipinski definition) is 4. The number of aromatic nitrogens is 1. The van der Waals surface area contributed by atoms with Gasteiger partial charge in [-0.1, -0.05) is 18.1 Å². The molecule has 2 rings (SSSR count). The molecule has 128 valence electrons. The quantitative estimate of drug-likeness (QED) is 0.774. The van der Waals surface area contributed by atoms with Crippen LogP contribution in [0.2, 0.25) is 0 Å². The lowest BCUT2D eigenvalue weighted by Crippen LogP contribution is -2.40. The highest BCUT2D eigenvalue weighted by Crippen LogP contribution is 2.19. The minimum atomic E-state index is -0.239. The Morgan fingerprint density at radius 3 is 2.84 bits per heavy atom. The molecule has 1 aromatic heterocycles. The molecule has 2 aromatic rings. The maximum absolute atomic E-state index is 12.6. The van der Waals surface area contributed by atoms with Gasteiger partial charge in [-0.3, -0.25) is 14.6 Å². The molecule has 5 nitrogen and oxygen atoms in total. The lowest BCUT2D eigenvalue weighted by molar-refractivity contribution is -0.122. The van der Waals surface area contributed by atoms with Crippen molar-refractivity contribution in [3.63, 3.8) is 0 Å². The van der Waals surface area contributed by atoms with Gasteiger partial charge < -0.3 is 10.2 Å². The number of pyridine rings is 1. The first-order chi connectivity index (χ1) is 12.1. The molecule has 0 aliphatic carbocycles. The fourth-order valence-electron chi connectivity index (χ4n) is 2.13. The van der Waals surface area contributed by atoms with Gasteiger partial charge in [-0.15, -0.1) is 18.2 Å². The van der Waals surface area contributed by atoms with Crippen molar-refractivity contribution in [2.75, 3.05) is 24.2 Å². The third-order valence-corrected chi connectivity index (χ3v) is 4.41. The number of nitrogens with one attached hydrogen (secondary N) is 1. The summed E-state index contributed by atoms with van der Waals surface area (Å²) in [6, 6.07) is 10.9. The van der Waals surface area contributed by atoms with E-state index in [0.717, 1.165) is 5.56 Å². The van der Waals surface area contributed by atoms with Gasteiger partial charge in [0.1, 0.15) is 6.54 Å². The molecule has 0 radical (unpaired) electrons. The molecular weight excluding hydrogens is 334 g/mol. The summed E-state index contributed by atoms with van der Waals surface area (Å²) < 4.78 is 0. The summed E-state index contributed by atoms with van der Waals surface area (Å²) in [6.45, 7) is -0.0448. The van der Waals surface area contributed by atoms with Crippen LogP contribution in [0.5, 0.6) is 0 Å². The molecule has 0 bridgehead atoms. The molecule has 0 unspecified atom stereocenters. The molecule has 1 aromatic carbocycles. The summed E-state index contributed by atoms with van der Waals surface area (Å²) in [7, 11) is 1.54. The molecule has 1 N–H and O–H groups in total. The van der Waals surface area contributed by atoms with Gasteiger partial charge in [-0.2, -0.15) is 0 Å². The summed E-state index contributed by atoms with van der Waals surface area (Å²) in [6.07, 6.45) is 8.91. The number of nitrogens with zero attached hydrogens (tertiary/aromatic N) is 2. The van der Waals surface area contributed by atoms with E-state index in [1.165, 1.54) is 16.7 Å². The number of carbonyl (C=O) groups excluding carboxylic acids is 2. The molecule has 1 heterocycles. The van der Waals surface area contributed by atoms with Crippen LogP contribution < -0.4 is 10.2 Å². The Morgan fingerprint density at radius 2 is 2.16 bits per heavy atom. The zero-order valence-electron chi connectivity index (χ0n) is 13.9. The average molecular weight is 353 g/mol. The topological polar surface area (TPSA) is 62.3 Å². The minimum absolute atomic E-state index is 0.0448. The Kier molecular flexibility index (Phi) is 7.05. The summed E-state index contributed by atoms with van der Waals surface area (Å²) in [5.74, 6) is 3.09. The van der Waals surface area contributed by atoms with E-state index in [0.29, 0.717) is 17.0 Å². The highest BCUT2D eigenvalue weighted by molar-refractivity contribution is 7.99.